The van der Waals surface area contributed by atoms with E-state index in [1.807, 2.05) is 5.32 Å². The third-order valence-corrected chi connectivity index (χ3v) is 3.40. The zero-order chi connectivity index (χ0) is 16.0. The van der Waals surface area contributed by atoms with Gasteiger partial charge < -0.3 is 4.74 Å². The number of rotatable bonds is 4. The summed E-state index contributed by atoms with van der Waals surface area (Å²) in [6, 6.07) is 0.722. The predicted octanol–water partition coefficient (Wildman–Crippen LogP) is 3.12. The van der Waals surface area contributed by atoms with Gasteiger partial charge in [0, 0.05) is 6.20 Å². The lowest BCUT2D eigenvalue weighted by Gasteiger charge is -2.08. The van der Waals surface area contributed by atoms with E-state index in [0.29, 0.717) is 6.20 Å². The third kappa shape index (κ3) is 5.80. The molecule has 0 spiro atoms. The number of imide groups is 1. The lowest BCUT2D eigenvalue weighted by Crippen LogP contribution is -2.32. The summed E-state index contributed by atoms with van der Waals surface area (Å²) in [4.78, 5) is 25.9. The molecule has 21 heavy (non-hydrogen) atoms. The number of alkyl carbamates (subject to hydrolysis) is 1. The summed E-state index contributed by atoms with van der Waals surface area (Å²) in [5.74, 6) is -0.909. The third-order valence-electron chi connectivity index (χ3n) is 1.99. The first-order valence-corrected chi connectivity index (χ1v) is 6.92. The largest absolute Gasteiger partial charge is 0.450 e. The fraction of sp³-hybridized carbons (Fsp3) is 0.364. The van der Waals surface area contributed by atoms with Crippen LogP contribution in [0.15, 0.2) is 17.3 Å². The van der Waals surface area contributed by atoms with Gasteiger partial charge in [-0.15, -0.1) is 0 Å². The topological polar surface area (TPSA) is 68.3 Å². The molecule has 5 nitrogen and oxygen atoms in total. The molecule has 1 aromatic heterocycles. The number of aromatic nitrogens is 1. The molecule has 0 saturated heterocycles. The summed E-state index contributed by atoms with van der Waals surface area (Å²) >= 11 is 6.47. The predicted molar refractivity (Wildman–Crippen MR) is 70.1 cm³/mol. The first-order valence-electron chi connectivity index (χ1n) is 5.56. The van der Waals surface area contributed by atoms with Gasteiger partial charge in [-0.25, -0.2) is 9.78 Å². The van der Waals surface area contributed by atoms with Gasteiger partial charge in [0.1, 0.15) is 5.03 Å². The highest BCUT2D eigenvalue weighted by Gasteiger charge is 2.31. The molecule has 0 aliphatic rings. The van der Waals surface area contributed by atoms with Gasteiger partial charge in [-0.3, -0.25) is 10.1 Å². The highest BCUT2D eigenvalue weighted by atomic mass is 35.5. The number of nitrogens with one attached hydrogen (secondary N) is 1. The van der Waals surface area contributed by atoms with Crippen LogP contribution in [-0.4, -0.2) is 29.3 Å². The number of pyridine rings is 1. The van der Waals surface area contributed by atoms with E-state index in [-0.39, 0.29) is 22.4 Å². The Morgan fingerprint density at radius 2 is 2.14 bits per heavy atom. The lowest BCUT2D eigenvalue weighted by atomic mass is 10.3. The minimum atomic E-state index is -4.54. The highest BCUT2D eigenvalue weighted by Crippen LogP contribution is 2.33. The van der Waals surface area contributed by atoms with E-state index in [1.165, 1.54) is 0 Å². The molecule has 0 unspecified atom stereocenters. The van der Waals surface area contributed by atoms with Crippen molar-refractivity contribution < 1.29 is 27.5 Å². The van der Waals surface area contributed by atoms with Crippen LogP contribution in [0.5, 0.6) is 0 Å². The van der Waals surface area contributed by atoms with Crippen molar-refractivity contribution >= 4 is 35.4 Å². The van der Waals surface area contributed by atoms with Crippen molar-refractivity contribution in [1.29, 1.82) is 0 Å². The van der Waals surface area contributed by atoms with Crippen LogP contribution in [0.2, 0.25) is 5.02 Å². The Kier molecular flexibility index (Phi) is 6.28. The molecular weight excluding hydrogens is 333 g/mol. The Bertz CT molecular complexity index is 540. The number of hydrogen-bond donors (Lipinski definition) is 1. The van der Waals surface area contributed by atoms with E-state index < -0.39 is 23.7 Å². The minimum absolute atomic E-state index is 0.0590. The summed E-state index contributed by atoms with van der Waals surface area (Å²) in [6.07, 6.45) is -4.81. The van der Waals surface area contributed by atoms with Crippen LogP contribution in [0.25, 0.3) is 0 Å². The van der Waals surface area contributed by atoms with Crippen molar-refractivity contribution in [3.05, 3.63) is 22.8 Å². The second kappa shape index (κ2) is 7.51. The number of amides is 2. The Morgan fingerprint density at radius 3 is 2.67 bits per heavy atom. The van der Waals surface area contributed by atoms with Crippen LogP contribution in [0.1, 0.15) is 12.5 Å². The van der Waals surface area contributed by atoms with Crippen molar-refractivity contribution in [3.8, 4) is 0 Å². The molecule has 0 aromatic carbocycles. The maximum absolute atomic E-state index is 12.4. The molecule has 2 amide bonds. The Morgan fingerprint density at radius 1 is 1.48 bits per heavy atom. The van der Waals surface area contributed by atoms with Gasteiger partial charge in [0.2, 0.25) is 5.91 Å². The number of alkyl halides is 3. The van der Waals surface area contributed by atoms with Gasteiger partial charge in [-0.05, 0) is 13.0 Å². The minimum Gasteiger partial charge on any atom is -0.450 e. The van der Waals surface area contributed by atoms with E-state index in [2.05, 4.69) is 9.72 Å². The van der Waals surface area contributed by atoms with E-state index in [1.54, 1.807) is 6.92 Å². The molecule has 0 bridgehead atoms. The standard InChI is InChI=1S/C11H10ClF3N2O3S/c1-2-20-10(19)17-8(18)5-21-9-7(12)3-6(4-16-9)11(13,14)15/h3-4H,2,5H2,1H3,(H,17,18,19). The van der Waals surface area contributed by atoms with Crippen LogP contribution in [0.3, 0.4) is 0 Å². The molecule has 0 aliphatic heterocycles. The maximum atomic E-state index is 12.4. The van der Waals surface area contributed by atoms with E-state index in [9.17, 15) is 22.8 Å². The number of thioether (sulfide) groups is 1. The normalized spacial score (nSPS) is 11.1. The van der Waals surface area contributed by atoms with Crippen molar-refractivity contribution in [2.24, 2.45) is 0 Å². The Hall–Kier alpha value is -1.48. The van der Waals surface area contributed by atoms with E-state index >= 15 is 0 Å². The molecule has 116 valence electrons. The first kappa shape index (κ1) is 17.6. The van der Waals surface area contributed by atoms with Crippen LogP contribution < -0.4 is 5.32 Å². The number of halogens is 4. The maximum Gasteiger partial charge on any atom is 0.417 e. The summed E-state index contributed by atoms with van der Waals surface area (Å²) < 4.78 is 41.7. The second-order valence-corrected chi connectivity index (χ2v) is 4.94. The zero-order valence-corrected chi connectivity index (χ0v) is 12.2. The van der Waals surface area contributed by atoms with Gasteiger partial charge in [-0.2, -0.15) is 13.2 Å². The van der Waals surface area contributed by atoms with Crippen molar-refractivity contribution in [2.45, 2.75) is 18.1 Å². The van der Waals surface area contributed by atoms with E-state index in [0.717, 1.165) is 17.8 Å². The van der Waals surface area contributed by atoms with Gasteiger partial charge in [0.25, 0.3) is 0 Å². The molecule has 0 radical (unpaired) electrons. The molecule has 0 fully saturated rings. The molecule has 0 saturated carbocycles. The number of hydrogen-bond acceptors (Lipinski definition) is 5. The average Bonchev–Trinajstić information content (AvgIpc) is 2.36. The van der Waals surface area contributed by atoms with Crippen molar-refractivity contribution in [1.82, 2.24) is 10.3 Å². The van der Waals surface area contributed by atoms with Gasteiger partial charge in [0.05, 0.1) is 22.9 Å². The molecule has 0 atom stereocenters. The lowest BCUT2D eigenvalue weighted by molar-refractivity contribution is -0.137. The number of nitrogens with zero attached hydrogens (tertiary/aromatic N) is 1. The molecule has 1 aromatic rings. The van der Waals surface area contributed by atoms with Crippen LogP contribution >= 0.6 is 23.4 Å². The zero-order valence-electron chi connectivity index (χ0n) is 10.7. The Balaban J connectivity index is 2.60. The molecule has 1 heterocycles. The fourth-order valence-electron chi connectivity index (χ4n) is 1.14. The molecule has 0 aliphatic carbocycles. The van der Waals surface area contributed by atoms with Gasteiger partial charge in [0.15, 0.2) is 0 Å². The van der Waals surface area contributed by atoms with Crippen LogP contribution in [0.4, 0.5) is 18.0 Å². The quantitative estimate of drug-likeness (QED) is 0.851. The molecule has 1 N–H and O–H groups in total. The van der Waals surface area contributed by atoms with Crippen LogP contribution in [-0.2, 0) is 15.7 Å². The van der Waals surface area contributed by atoms with Crippen LogP contribution in [0, 0.1) is 0 Å². The van der Waals surface area contributed by atoms with Crippen molar-refractivity contribution in [3.63, 3.8) is 0 Å². The number of carbonyl (C=O) groups excluding carboxylic acids is 2. The summed E-state index contributed by atoms with van der Waals surface area (Å²) in [5.41, 5.74) is -0.979. The SMILES string of the molecule is CCOC(=O)NC(=O)CSc1ncc(C(F)(F)F)cc1Cl. The van der Waals surface area contributed by atoms with E-state index in [4.69, 9.17) is 11.6 Å². The first-order chi connectivity index (χ1) is 9.74. The van der Waals surface area contributed by atoms with Gasteiger partial charge in [-0.1, -0.05) is 23.4 Å². The summed E-state index contributed by atoms with van der Waals surface area (Å²) in [6.45, 7) is 1.68. The highest BCUT2D eigenvalue weighted by molar-refractivity contribution is 8.00. The number of carbonyl (C=O) groups is 2. The number of ether oxygens (including phenoxy) is 1. The van der Waals surface area contributed by atoms with Crippen molar-refractivity contribution in [2.75, 3.05) is 12.4 Å². The fourth-order valence-corrected chi connectivity index (χ4v) is 2.13. The summed E-state index contributed by atoms with van der Waals surface area (Å²) in [7, 11) is 0. The average molecular weight is 343 g/mol. The monoisotopic (exact) mass is 342 g/mol. The molecule has 10 heteroatoms. The molecule has 1 rings (SSSR count). The summed E-state index contributed by atoms with van der Waals surface area (Å²) in [5, 5.41) is 1.77. The second-order valence-electron chi connectivity index (χ2n) is 3.57. The smallest absolute Gasteiger partial charge is 0.417 e. The Labute approximate surface area is 127 Å². The van der Waals surface area contributed by atoms with Gasteiger partial charge >= 0.3 is 12.3 Å². The molecular formula is C11H10ClF3N2O3S.